The smallest absolute Gasteiger partial charge is 0.315 e. The summed E-state index contributed by atoms with van der Waals surface area (Å²) in [6.45, 7) is 3.27. The molecule has 0 spiro atoms. The highest BCUT2D eigenvalue weighted by Gasteiger charge is 2.14. The number of rotatable bonds is 4. The summed E-state index contributed by atoms with van der Waals surface area (Å²) in [7, 11) is 0. The van der Waals surface area contributed by atoms with Crippen LogP contribution in [0.5, 0.6) is 0 Å². The van der Waals surface area contributed by atoms with E-state index in [1.807, 2.05) is 0 Å². The van der Waals surface area contributed by atoms with E-state index in [1.165, 1.54) is 18.2 Å². The molecule has 1 aromatic carbocycles. The maximum atomic E-state index is 12.9. The molecule has 6 heteroatoms. The van der Waals surface area contributed by atoms with Gasteiger partial charge in [-0.25, -0.2) is 9.18 Å². The summed E-state index contributed by atoms with van der Waals surface area (Å²) < 4.78 is 12.9. The van der Waals surface area contributed by atoms with Crippen LogP contribution in [0.25, 0.3) is 0 Å². The lowest BCUT2D eigenvalue weighted by atomic mass is 10.1. The summed E-state index contributed by atoms with van der Waals surface area (Å²) >= 11 is 5.89. The summed E-state index contributed by atoms with van der Waals surface area (Å²) in [5.41, 5.74) is 0.630. The Labute approximate surface area is 110 Å². The Morgan fingerprint density at radius 3 is 2.67 bits per heavy atom. The van der Waals surface area contributed by atoms with Crippen molar-refractivity contribution in [3.8, 4) is 0 Å². The minimum absolute atomic E-state index is 0.140. The minimum atomic E-state index is -0.422. The van der Waals surface area contributed by atoms with Crippen LogP contribution < -0.4 is 10.6 Å². The molecule has 0 radical (unpaired) electrons. The van der Waals surface area contributed by atoms with Gasteiger partial charge in [0.15, 0.2) is 0 Å². The van der Waals surface area contributed by atoms with E-state index in [0.29, 0.717) is 5.56 Å². The molecule has 0 fully saturated rings. The number of amides is 2. The first-order valence-electron chi connectivity index (χ1n) is 5.57. The number of hydrogen-bond donors (Lipinski definition) is 3. The molecule has 4 nitrogen and oxygen atoms in total. The van der Waals surface area contributed by atoms with Crippen LogP contribution in [-0.2, 0) is 0 Å². The fraction of sp³-hybridized carbons (Fsp3) is 0.417. The Kier molecular flexibility index (Phi) is 5.37. The number of hydrogen-bond acceptors (Lipinski definition) is 2. The van der Waals surface area contributed by atoms with Gasteiger partial charge in [-0.3, -0.25) is 0 Å². The van der Waals surface area contributed by atoms with Gasteiger partial charge in [-0.05, 0) is 31.5 Å². The quantitative estimate of drug-likeness (QED) is 0.788. The van der Waals surface area contributed by atoms with Crippen molar-refractivity contribution in [3.05, 3.63) is 34.6 Å². The maximum Gasteiger partial charge on any atom is 0.315 e. The standard InChI is InChI=1S/C12H16ClFN2O2/c1-7(6-17)15-12(18)16-8(2)10-4-3-9(14)5-11(10)13/h3-5,7-8,17H,6H2,1-2H3,(H2,15,16,18)/t7-,8?/m0/s1. The Balaban J connectivity index is 2.64. The van der Waals surface area contributed by atoms with Crippen molar-refractivity contribution in [1.82, 2.24) is 10.6 Å². The number of carbonyl (C=O) groups is 1. The molecule has 3 N–H and O–H groups in total. The molecule has 2 atom stereocenters. The fourth-order valence-corrected chi connectivity index (χ4v) is 1.77. The van der Waals surface area contributed by atoms with E-state index in [2.05, 4.69) is 10.6 Å². The van der Waals surface area contributed by atoms with Crippen molar-refractivity contribution in [2.45, 2.75) is 25.9 Å². The predicted octanol–water partition coefficient (Wildman–Crippen LogP) is 2.22. The lowest BCUT2D eigenvalue weighted by molar-refractivity contribution is 0.218. The third-order valence-corrected chi connectivity index (χ3v) is 2.76. The minimum Gasteiger partial charge on any atom is -0.394 e. The molecule has 1 aromatic rings. The molecule has 0 aliphatic rings. The van der Waals surface area contributed by atoms with Crippen LogP contribution in [0.15, 0.2) is 18.2 Å². The number of aliphatic hydroxyl groups excluding tert-OH is 1. The van der Waals surface area contributed by atoms with Crippen LogP contribution in [0.2, 0.25) is 5.02 Å². The molecule has 2 amide bonds. The topological polar surface area (TPSA) is 61.4 Å². The van der Waals surface area contributed by atoms with E-state index in [0.717, 1.165) is 0 Å². The highest BCUT2D eigenvalue weighted by atomic mass is 35.5. The first kappa shape index (κ1) is 14.7. The van der Waals surface area contributed by atoms with Crippen molar-refractivity contribution in [2.24, 2.45) is 0 Å². The molecule has 0 saturated heterocycles. The lowest BCUT2D eigenvalue weighted by Crippen LogP contribution is -2.43. The molecule has 18 heavy (non-hydrogen) atoms. The van der Waals surface area contributed by atoms with E-state index >= 15 is 0 Å². The van der Waals surface area contributed by atoms with E-state index in [-0.39, 0.29) is 23.7 Å². The zero-order valence-corrected chi connectivity index (χ0v) is 11.0. The van der Waals surface area contributed by atoms with Gasteiger partial charge in [0.1, 0.15) is 5.82 Å². The normalized spacial score (nSPS) is 13.8. The van der Waals surface area contributed by atoms with Crippen molar-refractivity contribution < 1.29 is 14.3 Å². The highest BCUT2D eigenvalue weighted by Crippen LogP contribution is 2.23. The van der Waals surface area contributed by atoms with Gasteiger partial charge in [0.25, 0.3) is 0 Å². The first-order valence-corrected chi connectivity index (χ1v) is 5.94. The van der Waals surface area contributed by atoms with Crippen molar-refractivity contribution in [2.75, 3.05) is 6.61 Å². The van der Waals surface area contributed by atoms with Gasteiger partial charge in [-0.2, -0.15) is 0 Å². The Bertz CT molecular complexity index is 429. The lowest BCUT2D eigenvalue weighted by Gasteiger charge is -2.18. The number of urea groups is 1. The molecule has 0 aliphatic heterocycles. The zero-order chi connectivity index (χ0) is 13.7. The van der Waals surface area contributed by atoms with Crippen molar-refractivity contribution >= 4 is 17.6 Å². The number of benzene rings is 1. The number of aliphatic hydroxyl groups is 1. The monoisotopic (exact) mass is 274 g/mol. The summed E-state index contributed by atoms with van der Waals surface area (Å²) in [5, 5.41) is 14.3. The van der Waals surface area contributed by atoms with Gasteiger partial charge < -0.3 is 15.7 Å². The Morgan fingerprint density at radius 1 is 1.44 bits per heavy atom. The molecule has 0 aliphatic carbocycles. The summed E-state index contributed by atoms with van der Waals surface area (Å²) in [6, 6.07) is 2.91. The van der Waals surface area contributed by atoms with E-state index in [1.54, 1.807) is 13.8 Å². The van der Waals surface area contributed by atoms with Crippen LogP contribution in [0, 0.1) is 5.82 Å². The summed E-state index contributed by atoms with van der Waals surface area (Å²) in [4.78, 5) is 11.5. The SMILES string of the molecule is CC(NC(=O)N[C@@H](C)CO)c1ccc(F)cc1Cl. The van der Waals surface area contributed by atoms with Crippen molar-refractivity contribution in [3.63, 3.8) is 0 Å². The number of nitrogens with one attached hydrogen (secondary N) is 2. The van der Waals surface area contributed by atoms with Gasteiger partial charge >= 0.3 is 6.03 Å². The molecule has 1 rings (SSSR count). The van der Waals surface area contributed by atoms with Crippen LogP contribution in [0.1, 0.15) is 25.5 Å². The predicted molar refractivity (Wildman–Crippen MR) is 68.0 cm³/mol. The van der Waals surface area contributed by atoms with Gasteiger partial charge in [0.05, 0.1) is 18.7 Å². The van der Waals surface area contributed by atoms with Crippen molar-refractivity contribution in [1.29, 1.82) is 0 Å². The second-order valence-corrected chi connectivity index (χ2v) is 4.50. The van der Waals surface area contributed by atoms with Crippen LogP contribution in [0.3, 0.4) is 0 Å². The number of carbonyl (C=O) groups excluding carboxylic acids is 1. The fourth-order valence-electron chi connectivity index (χ4n) is 1.44. The van der Waals surface area contributed by atoms with Gasteiger partial charge in [0, 0.05) is 5.02 Å². The summed E-state index contributed by atoms with van der Waals surface area (Å²) in [5.74, 6) is -0.422. The Morgan fingerprint density at radius 2 is 2.11 bits per heavy atom. The molecule has 1 unspecified atom stereocenters. The molecule has 100 valence electrons. The molecule has 0 saturated carbocycles. The second kappa shape index (κ2) is 6.56. The highest BCUT2D eigenvalue weighted by molar-refractivity contribution is 6.31. The summed E-state index contributed by atoms with van der Waals surface area (Å²) in [6.07, 6.45) is 0. The molecule has 0 heterocycles. The third-order valence-electron chi connectivity index (χ3n) is 2.43. The van der Waals surface area contributed by atoms with E-state index < -0.39 is 11.8 Å². The van der Waals surface area contributed by atoms with Crippen LogP contribution >= 0.6 is 11.6 Å². The molecular weight excluding hydrogens is 259 g/mol. The average molecular weight is 275 g/mol. The third kappa shape index (κ3) is 4.16. The van der Waals surface area contributed by atoms with Gasteiger partial charge in [-0.15, -0.1) is 0 Å². The average Bonchev–Trinajstić information content (AvgIpc) is 2.28. The Hall–Kier alpha value is -1.33. The van der Waals surface area contributed by atoms with Crippen LogP contribution in [-0.4, -0.2) is 23.8 Å². The van der Waals surface area contributed by atoms with E-state index in [9.17, 15) is 9.18 Å². The van der Waals surface area contributed by atoms with Crippen LogP contribution in [0.4, 0.5) is 9.18 Å². The maximum absolute atomic E-state index is 12.9. The first-order chi connectivity index (χ1) is 8.43. The molecular formula is C12H16ClFN2O2. The van der Waals surface area contributed by atoms with Gasteiger partial charge in [-0.1, -0.05) is 17.7 Å². The molecule has 0 bridgehead atoms. The molecule has 0 aromatic heterocycles. The second-order valence-electron chi connectivity index (χ2n) is 4.09. The number of halogens is 2. The van der Waals surface area contributed by atoms with E-state index in [4.69, 9.17) is 16.7 Å². The zero-order valence-electron chi connectivity index (χ0n) is 10.2. The largest absolute Gasteiger partial charge is 0.394 e. The van der Waals surface area contributed by atoms with Gasteiger partial charge in [0.2, 0.25) is 0 Å².